The van der Waals surface area contributed by atoms with Crippen LogP contribution in [0.4, 0.5) is 5.69 Å². The van der Waals surface area contributed by atoms with Crippen LogP contribution < -0.4 is 0 Å². The number of aliphatic imine (C=N–C) groups is 1. The fourth-order valence-corrected chi connectivity index (χ4v) is 2.89. The number of ketones is 1. The van der Waals surface area contributed by atoms with Gasteiger partial charge in [-0.2, -0.15) is 0 Å². The summed E-state index contributed by atoms with van der Waals surface area (Å²) in [6.45, 7) is 2.09. The maximum Gasteiger partial charge on any atom is 0.339 e. The normalized spacial score (nSPS) is 21.1. The Kier molecular flexibility index (Phi) is 4.91. The molecule has 1 unspecified atom stereocenters. The van der Waals surface area contributed by atoms with Gasteiger partial charge < -0.3 is 4.74 Å². The molecular formula is C15H16INO3. The molecule has 0 aliphatic heterocycles. The molecule has 1 fully saturated rings. The average molecular weight is 385 g/mol. The van der Waals surface area contributed by atoms with E-state index >= 15 is 0 Å². The number of esters is 1. The third kappa shape index (κ3) is 3.26. The smallest absolute Gasteiger partial charge is 0.339 e. The zero-order valence-corrected chi connectivity index (χ0v) is 13.6. The molecule has 1 aromatic carbocycles. The Labute approximate surface area is 131 Å². The highest BCUT2D eigenvalue weighted by atomic mass is 127. The highest BCUT2D eigenvalue weighted by molar-refractivity contribution is 14.1. The molecule has 4 nitrogen and oxygen atoms in total. The summed E-state index contributed by atoms with van der Waals surface area (Å²) in [7, 11) is 1.36. The lowest BCUT2D eigenvalue weighted by molar-refractivity contribution is -0.118. The van der Waals surface area contributed by atoms with Crippen LogP contribution in [-0.2, 0) is 9.53 Å². The van der Waals surface area contributed by atoms with Gasteiger partial charge in [0.15, 0.2) is 0 Å². The number of methoxy groups -OCH3 is 1. The molecule has 0 bridgehead atoms. The third-order valence-corrected chi connectivity index (χ3v) is 4.58. The molecule has 0 amide bonds. The van der Waals surface area contributed by atoms with Gasteiger partial charge in [-0.1, -0.05) is 13.0 Å². The first-order valence-corrected chi connectivity index (χ1v) is 7.56. The van der Waals surface area contributed by atoms with Crippen molar-refractivity contribution < 1.29 is 14.3 Å². The van der Waals surface area contributed by atoms with Gasteiger partial charge in [0.1, 0.15) is 5.78 Å². The minimum atomic E-state index is -0.371. The highest BCUT2D eigenvalue weighted by Gasteiger charge is 2.22. The highest BCUT2D eigenvalue weighted by Crippen LogP contribution is 2.28. The summed E-state index contributed by atoms with van der Waals surface area (Å²) >= 11 is 2.10. The zero-order chi connectivity index (χ0) is 14.7. The second-order valence-corrected chi connectivity index (χ2v) is 5.97. The average Bonchev–Trinajstić information content (AvgIpc) is 2.44. The predicted molar refractivity (Wildman–Crippen MR) is 85.6 cm³/mol. The molecule has 2 rings (SSSR count). The molecule has 20 heavy (non-hydrogen) atoms. The van der Waals surface area contributed by atoms with Gasteiger partial charge in [-0.3, -0.25) is 9.79 Å². The van der Waals surface area contributed by atoms with E-state index in [9.17, 15) is 9.59 Å². The lowest BCUT2D eigenvalue weighted by Gasteiger charge is -2.19. The summed E-state index contributed by atoms with van der Waals surface area (Å²) in [5.41, 5.74) is 2.14. The standard InChI is InChI=1S/C15H16INO3/c1-9-6-7-10(18)8-13(9)17-12-5-3-4-11(14(12)16)15(19)20-2/h3-5,9H,6-8H2,1-2H3. The van der Waals surface area contributed by atoms with Crippen molar-refractivity contribution >= 4 is 45.7 Å². The van der Waals surface area contributed by atoms with Gasteiger partial charge in [-0.15, -0.1) is 0 Å². The van der Waals surface area contributed by atoms with Crippen LogP contribution >= 0.6 is 22.6 Å². The van der Waals surface area contributed by atoms with E-state index in [0.717, 1.165) is 21.4 Å². The van der Waals surface area contributed by atoms with E-state index in [1.165, 1.54) is 7.11 Å². The summed E-state index contributed by atoms with van der Waals surface area (Å²) in [5.74, 6) is 0.176. The number of rotatable bonds is 2. The van der Waals surface area contributed by atoms with Crippen LogP contribution in [0.25, 0.3) is 0 Å². The van der Waals surface area contributed by atoms with Crippen molar-refractivity contribution in [3.05, 3.63) is 27.3 Å². The Morgan fingerprint density at radius 3 is 2.90 bits per heavy atom. The van der Waals surface area contributed by atoms with Crippen molar-refractivity contribution in [1.82, 2.24) is 0 Å². The van der Waals surface area contributed by atoms with Gasteiger partial charge in [-0.05, 0) is 47.1 Å². The molecule has 1 aliphatic rings. The first kappa shape index (κ1) is 15.2. The minimum absolute atomic E-state index is 0.237. The summed E-state index contributed by atoms with van der Waals surface area (Å²) in [6, 6.07) is 5.35. The lowest BCUT2D eigenvalue weighted by Crippen LogP contribution is -2.22. The summed E-state index contributed by atoms with van der Waals surface area (Å²) in [6.07, 6.45) is 1.91. The van der Waals surface area contributed by atoms with Crippen LogP contribution in [0.5, 0.6) is 0 Å². The third-order valence-electron chi connectivity index (χ3n) is 3.45. The molecule has 1 saturated carbocycles. The maximum atomic E-state index is 11.7. The fourth-order valence-electron chi connectivity index (χ4n) is 2.19. The molecule has 1 atom stereocenters. The van der Waals surface area contributed by atoms with Crippen LogP contribution in [-0.4, -0.2) is 24.6 Å². The number of nitrogens with zero attached hydrogens (tertiary/aromatic N) is 1. The van der Waals surface area contributed by atoms with E-state index in [1.807, 2.05) is 6.07 Å². The summed E-state index contributed by atoms with van der Waals surface area (Å²) in [4.78, 5) is 27.8. The van der Waals surface area contributed by atoms with Crippen LogP contribution in [0, 0.1) is 9.49 Å². The summed E-state index contributed by atoms with van der Waals surface area (Å²) in [5, 5.41) is 0. The van der Waals surface area contributed by atoms with E-state index in [0.29, 0.717) is 24.3 Å². The molecule has 1 aromatic rings. The van der Waals surface area contributed by atoms with E-state index in [1.54, 1.807) is 12.1 Å². The molecule has 0 radical (unpaired) electrons. The SMILES string of the molecule is COC(=O)c1cccc(N=C2CC(=O)CCC2C)c1I. The van der Waals surface area contributed by atoms with Crippen molar-refractivity contribution in [2.45, 2.75) is 26.2 Å². The second-order valence-electron chi connectivity index (χ2n) is 4.89. The van der Waals surface area contributed by atoms with Gasteiger partial charge in [0.05, 0.1) is 21.9 Å². The number of carbonyl (C=O) groups excluding carboxylic acids is 2. The minimum Gasteiger partial charge on any atom is -0.465 e. The molecule has 0 aromatic heterocycles. The number of hydrogen-bond donors (Lipinski definition) is 0. The molecule has 1 aliphatic carbocycles. The molecule has 0 spiro atoms. The number of Topliss-reactive ketones (excluding diaryl/α,β-unsaturated/α-hetero) is 1. The van der Waals surface area contributed by atoms with Crippen molar-refractivity contribution in [2.24, 2.45) is 10.9 Å². The fraction of sp³-hybridized carbons (Fsp3) is 0.400. The van der Waals surface area contributed by atoms with Crippen molar-refractivity contribution in [3.63, 3.8) is 0 Å². The van der Waals surface area contributed by atoms with Gasteiger partial charge in [0.2, 0.25) is 0 Å². The number of benzene rings is 1. The number of carbonyl (C=O) groups is 2. The van der Waals surface area contributed by atoms with E-state index in [4.69, 9.17) is 4.74 Å². The van der Waals surface area contributed by atoms with Gasteiger partial charge in [0.25, 0.3) is 0 Å². The summed E-state index contributed by atoms with van der Waals surface area (Å²) < 4.78 is 5.51. The lowest BCUT2D eigenvalue weighted by atomic mass is 9.88. The zero-order valence-electron chi connectivity index (χ0n) is 11.5. The molecule has 0 N–H and O–H groups in total. The Hall–Kier alpha value is -1.24. The molecule has 0 heterocycles. The second kappa shape index (κ2) is 6.47. The first-order chi connectivity index (χ1) is 9.52. The topological polar surface area (TPSA) is 55.7 Å². The van der Waals surface area contributed by atoms with Gasteiger partial charge in [-0.25, -0.2) is 4.79 Å². The molecule has 106 valence electrons. The Morgan fingerprint density at radius 2 is 2.20 bits per heavy atom. The van der Waals surface area contributed by atoms with Crippen LogP contribution in [0.3, 0.4) is 0 Å². The van der Waals surface area contributed by atoms with Crippen molar-refractivity contribution in [3.8, 4) is 0 Å². The molecular weight excluding hydrogens is 369 g/mol. The number of ether oxygens (including phenoxy) is 1. The Balaban J connectivity index is 2.38. The molecule has 5 heteroatoms. The quantitative estimate of drug-likeness (QED) is 0.578. The van der Waals surface area contributed by atoms with E-state index in [2.05, 4.69) is 34.5 Å². The predicted octanol–water partition coefficient (Wildman–Crippen LogP) is 3.54. The van der Waals surface area contributed by atoms with E-state index < -0.39 is 0 Å². The van der Waals surface area contributed by atoms with E-state index in [-0.39, 0.29) is 11.8 Å². The Bertz CT molecular complexity index is 580. The largest absolute Gasteiger partial charge is 0.465 e. The van der Waals surface area contributed by atoms with Crippen LogP contribution in [0.15, 0.2) is 23.2 Å². The van der Waals surface area contributed by atoms with Gasteiger partial charge in [0, 0.05) is 18.6 Å². The van der Waals surface area contributed by atoms with Crippen molar-refractivity contribution in [1.29, 1.82) is 0 Å². The van der Waals surface area contributed by atoms with Crippen LogP contribution in [0.2, 0.25) is 0 Å². The molecule has 0 saturated heterocycles. The van der Waals surface area contributed by atoms with Crippen molar-refractivity contribution in [2.75, 3.05) is 7.11 Å². The maximum absolute atomic E-state index is 11.7. The Morgan fingerprint density at radius 1 is 1.45 bits per heavy atom. The monoisotopic (exact) mass is 385 g/mol. The first-order valence-electron chi connectivity index (χ1n) is 6.49. The number of halogens is 1. The van der Waals surface area contributed by atoms with Crippen LogP contribution in [0.1, 0.15) is 36.5 Å². The van der Waals surface area contributed by atoms with Gasteiger partial charge >= 0.3 is 5.97 Å². The number of hydrogen-bond acceptors (Lipinski definition) is 4.